The minimum Gasteiger partial charge on any atom is -0.423 e. The number of ether oxygens (including phenoxy) is 1. The summed E-state index contributed by atoms with van der Waals surface area (Å²) in [5, 5.41) is 0.547. The van der Waals surface area contributed by atoms with Crippen LogP contribution in [0.5, 0.6) is 5.75 Å². The summed E-state index contributed by atoms with van der Waals surface area (Å²) >= 11 is 5.86. The molecule has 1 saturated heterocycles. The zero-order chi connectivity index (χ0) is 20.6. The van der Waals surface area contributed by atoms with Crippen molar-refractivity contribution in [1.82, 2.24) is 0 Å². The van der Waals surface area contributed by atoms with E-state index in [1.807, 2.05) is 0 Å². The predicted octanol–water partition coefficient (Wildman–Crippen LogP) is 4.12. The smallest absolute Gasteiger partial charge is 0.343 e. The number of benzene rings is 2. The van der Waals surface area contributed by atoms with Gasteiger partial charge in [-0.05, 0) is 72.6 Å². The van der Waals surface area contributed by atoms with Gasteiger partial charge in [-0.2, -0.15) is 0 Å². The van der Waals surface area contributed by atoms with Crippen LogP contribution in [0.1, 0.15) is 16.8 Å². The van der Waals surface area contributed by atoms with E-state index < -0.39 is 5.97 Å². The number of rotatable bonds is 3. The van der Waals surface area contributed by atoms with E-state index in [0.717, 1.165) is 6.42 Å². The first-order valence-corrected chi connectivity index (χ1v) is 10.5. The maximum Gasteiger partial charge on any atom is 0.343 e. The molecule has 6 heteroatoms. The number of esters is 1. The largest absolute Gasteiger partial charge is 0.423 e. The van der Waals surface area contributed by atoms with Crippen LogP contribution in [0.2, 0.25) is 5.02 Å². The van der Waals surface area contributed by atoms with Gasteiger partial charge in [0.15, 0.2) is 0 Å². The van der Waals surface area contributed by atoms with Crippen LogP contribution in [-0.4, -0.2) is 17.8 Å². The average Bonchev–Trinajstić information content (AvgIpc) is 3.53. The monoisotopic (exact) mass is 419 g/mol. The number of amides is 2. The van der Waals surface area contributed by atoms with Gasteiger partial charge in [0.1, 0.15) is 5.75 Å². The first-order valence-electron chi connectivity index (χ1n) is 10.2. The molecule has 2 saturated carbocycles. The third-order valence-corrected chi connectivity index (χ3v) is 7.28. The Morgan fingerprint density at radius 3 is 2.20 bits per heavy atom. The number of halogens is 1. The lowest BCUT2D eigenvalue weighted by Gasteiger charge is -2.37. The van der Waals surface area contributed by atoms with E-state index in [-0.39, 0.29) is 41.0 Å². The first-order chi connectivity index (χ1) is 14.5. The van der Waals surface area contributed by atoms with Gasteiger partial charge in [-0.25, -0.2) is 9.69 Å². The van der Waals surface area contributed by atoms with Gasteiger partial charge in [-0.1, -0.05) is 29.8 Å². The highest BCUT2D eigenvalue weighted by Gasteiger charge is 2.67. The Bertz CT molecular complexity index is 1090. The third-order valence-electron chi connectivity index (χ3n) is 7.03. The molecule has 1 heterocycles. The van der Waals surface area contributed by atoms with Gasteiger partial charge < -0.3 is 4.74 Å². The van der Waals surface area contributed by atoms with E-state index >= 15 is 0 Å². The molecule has 6 atom stereocenters. The summed E-state index contributed by atoms with van der Waals surface area (Å²) in [6.07, 6.45) is 5.42. The number of carbonyl (C=O) groups excluding carboxylic acids is 3. The quantitative estimate of drug-likeness (QED) is 0.325. The Labute approximate surface area is 178 Å². The van der Waals surface area contributed by atoms with Gasteiger partial charge >= 0.3 is 5.97 Å². The molecular formula is C24H18ClNO4. The molecule has 0 spiro atoms. The highest BCUT2D eigenvalue weighted by molar-refractivity contribution is 6.30. The van der Waals surface area contributed by atoms with E-state index in [1.165, 1.54) is 4.90 Å². The Balaban J connectivity index is 1.28. The zero-order valence-corrected chi connectivity index (χ0v) is 16.7. The molecule has 2 amide bonds. The number of anilines is 1. The molecule has 0 aromatic heterocycles. The van der Waals surface area contributed by atoms with Gasteiger partial charge in [-0.3, -0.25) is 9.59 Å². The SMILES string of the molecule is O=C(Oc1ccc(Cl)cc1)c1cccc(N2C(=O)[C@H]3[C@@H]4C=C[C@@H]([C@H]5C[C@H]45)[C@@H]3C2=O)c1. The number of allylic oxidation sites excluding steroid dienone is 2. The molecular weight excluding hydrogens is 402 g/mol. The van der Waals surface area contributed by atoms with E-state index in [0.29, 0.717) is 28.3 Å². The highest BCUT2D eigenvalue weighted by Crippen LogP contribution is 2.65. The van der Waals surface area contributed by atoms with Crippen molar-refractivity contribution < 1.29 is 19.1 Å². The van der Waals surface area contributed by atoms with Crippen molar-refractivity contribution in [1.29, 1.82) is 0 Å². The van der Waals surface area contributed by atoms with E-state index in [2.05, 4.69) is 12.2 Å². The molecule has 0 radical (unpaired) electrons. The summed E-state index contributed by atoms with van der Waals surface area (Å²) in [5.41, 5.74) is 0.708. The van der Waals surface area contributed by atoms with Gasteiger partial charge in [0, 0.05) is 5.02 Å². The van der Waals surface area contributed by atoms with E-state index in [4.69, 9.17) is 16.3 Å². The Hall–Kier alpha value is -2.92. The van der Waals surface area contributed by atoms with Crippen LogP contribution < -0.4 is 9.64 Å². The third kappa shape index (κ3) is 2.51. The molecule has 5 nitrogen and oxygen atoms in total. The highest BCUT2D eigenvalue weighted by atomic mass is 35.5. The normalized spacial score (nSPS) is 32.8. The van der Waals surface area contributed by atoms with E-state index in [1.54, 1.807) is 48.5 Å². The molecule has 1 aliphatic heterocycles. The van der Waals surface area contributed by atoms with Crippen LogP contribution in [-0.2, 0) is 9.59 Å². The fraction of sp³-hybridized carbons (Fsp3) is 0.292. The standard InChI is InChI=1S/C24H18ClNO4/c25-13-4-6-15(7-5-13)30-24(29)12-2-1-3-14(10-12)26-22(27)20-16-8-9-17(19-11-18(16)19)21(20)23(26)28/h1-10,16-21H,11H2/t16-,17+,18-,19-,20+,21+/m1/s1. The number of hydrogen-bond acceptors (Lipinski definition) is 4. The summed E-state index contributed by atoms with van der Waals surface area (Å²) in [7, 11) is 0. The maximum atomic E-state index is 13.3. The number of carbonyl (C=O) groups is 3. The van der Waals surface area contributed by atoms with E-state index in [9.17, 15) is 14.4 Å². The maximum absolute atomic E-state index is 13.3. The first kappa shape index (κ1) is 17.9. The second-order valence-corrected chi connectivity index (χ2v) is 9.00. The summed E-state index contributed by atoms with van der Waals surface area (Å²) in [6.45, 7) is 0. The van der Waals surface area contributed by atoms with Crippen molar-refractivity contribution in [2.45, 2.75) is 6.42 Å². The average molecular weight is 420 g/mol. The van der Waals surface area contributed by atoms with Crippen LogP contribution in [0.25, 0.3) is 0 Å². The molecule has 30 heavy (non-hydrogen) atoms. The second kappa shape index (κ2) is 6.29. The van der Waals surface area contributed by atoms with Crippen LogP contribution in [0.15, 0.2) is 60.7 Å². The van der Waals surface area contributed by atoms with Crippen LogP contribution in [0, 0.1) is 35.5 Å². The minimum absolute atomic E-state index is 0.141. The summed E-state index contributed by atoms with van der Waals surface area (Å²) in [6, 6.07) is 13.0. The second-order valence-electron chi connectivity index (χ2n) is 8.56. The Kier molecular flexibility index (Phi) is 3.75. The van der Waals surface area contributed by atoms with Gasteiger partial charge in [0.2, 0.25) is 11.8 Å². The topological polar surface area (TPSA) is 63.7 Å². The van der Waals surface area contributed by atoms with Crippen molar-refractivity contribution in [2.24, 2.45) is 35.5 Å². The van der Waals surface area contributed by atoms with Crippen LogP contribution in [0.4, 0.5) is 5.69 Å². The number of nitrogens with zero attached hydrogens (tertiary/aromatic N) is 1. The van der Waals surface area contributed by atoms with Crippen molar-refractivity contribution in [3.8, 4) is 5.75 Å². The molecule has 7 rings (SSSR count). The lowest BCUT2D eigenvalue weighted by molar-refractivity contribution is -0.124. The van der Waals surface area contributed by atoms with Crippen LogP contribution >= 0.6 is 11.6 Å². The van der Waals surface area contributed by atoms with Gasteiger partial charge in [-0.15, -0.1) is 0 Å². The molecule has 0 N–H and O–H groups in total. The molecule has 2 aromatic rings. The van der Waals surface area contributed by atoms with Crippen molar-refractivity contribution in [3.63, 3.8) is 0 Å². The Morgan fingerprint density at radius 1 is 0.933 bits per heavy atom. The molecule has 150 valence electrons. The number of hydrogen-bond donors (Lipinski definition) is 0. The van der Waals surface area contributed by atoms with Gasteiger partial charge in [0.05, 0.1) is 23.1 Å². The summed E-state index contributed by atoms with van der Waals surface area (Å²) in [4.78, 5) is 40.4. The molecule has 5 aliphatic rings. The molecule has 2 aromatic carbocycles. The minimum atomic E-state index is -0.557. The lowest BCUT2D eigenvalue weighted by Crippen LogP contribution is -2.40. The predicted molar refractivity (Wildman–Crippen MR) is 110 cm³/mol. The summed E-state index contributed by atoms with van der Waals surface area (Å²) in [5.74, 6) is 0.457. The lowest BCUT2D eigenvalue weighted by atomic mass is 9.63. The van der Waals surface area contributed by atoms with Crippen LogP contribution in [0.3, 0.4) is 0 Å². The Morgan fingerprint density at radius 2 is 1.57 bits per heavy atom. The summed E-state index contributed by atoms with van der Waals surface area (Å²) < 4.78 is 5.39. The fourth-order valence-corrected chi connectivity index (χ4v) is 5.78. The van der Waals surface area contributed by atoms with Crippen molar-refractivity contribution >= 4 is 35.1 Å². The fourth-order valence-electron chi connectivity index (χ4n) is 5.65. The zero-order valence-electron chi connectivity index (χ0n) is 15.9. The van der Waals surface area contributed by atoms with Crippen molar-refractivity contribution in [2.75, 3.05) is 4.90 Å². The molecule has 2 bridgehead atoms. The molecule has 0 unspecified atom stereocenters. The molecule has 4 aliphatic carbocycles. The van der Waals surface area contributed by atoms with Crippen molar-refractivity contribution in [3.05, 3.63) is 71.3 Å². The number of imide groups is 1. The van der Waals surface area contributed by atoms with Gasteiger partial charge in [0.25, 0.3) is 0 Å². The molecule has 3 fully saturated rings.